The van der Waals surface area contributed by atoms with Gasteiger partial charge in [0.05, 0.1) is 12.7 Å². The molecule has 0 heterocycles. The topological polar surface area (TPSA) is 41.6 Å². The Labute approximate surface area is 119 Å². The molecule has 0 atom stereocenters. The van der Waals surface area contributed by atoms with Crippen molar-refractivity contribution in [2.24, 2.45) is 0 Å². The summed E-state index contributed by atoms with van der Waals surface area (Å²) in [5.41, 5.74) is 0.467. The van der Waals surface area contributed by atoms with E-state index in [9.17, 15) is 4.79 Å². The summed E-state index contributed by atoms with van der Waals surface area (Å²) in [5, 5.41) is 3.40. The van der Waals surface area contributed by atoms with Gasteiger partial charge in [0, 0.05) is 18.1 Å². The Morgan fingerprint density at radius 3 is 2.63 bits per heavy atom. The van der Waals surface area contributed by atoms with Crippen molar-refractivity contribution >= 4 is 17.5 Å². The minimum atomic E-state index is -0.161. The van der Waals surface area contributed by atoms with Crippen LogP contribution in [0.2, 0.25) is 5.02 Å². The maximum absolute atomic E-state index is 12.1. The van der Waals surface area contributed by atoms with Gasteiger partial charge in [-0.1, -0.05) is 25.4 Å². The molecule has 0 spiro atoms. The molecule has 1 aromatic rings. The van der Waals surface area contributed by atoms with Gasteiger partial charge in [0.2, 0.25) is 0 Å². The third kappa shape index (κ3) is 4.73. The molecule has 0 aromatic heterocycles. The average Bonchev–Trinajstić information content (AvgIpc) is 2.43. The number of likely N-dealkylation sites (N-methyl/N-ethyl adjacent to an activating group) is 1. The van der Waals surface area contributed by atoms with Crippen LogP contribution in [0, 0.1) is 0 Å². The Morgan fingerprint density at radius 2 is 2.05 bits per heavy atom. The van der Waals surface area contributed by atoms with E-state index < -0.39 is 0 Å². The number of benzene rings is 1. The van der Waals surface area contributed by atoms with E-state index in [-0.39, 0.29) is 5.91 Å². The van der Waals surface area contributed by atoms with Crippen LogP contribution in [0.25, 0.3) is 0 Å². The zero-order chi connectivity index (χ0) is 14.3. The van der Waals surface area contributed by atoms with Crippen molar-refractivity contribution in [2.45, 2.75) is 13.8 Å². The van der Waals surface area contributed by atoms with Gasteiger partial charge in [-0.3, -0.25) is 4.79 Å². The largest absolute Gasteiger partial charge is 0.496 e. The van der Waals surface area contributed by atoms with Gasteiger partial charge in [-0.05, 0) is 31.3 Å². The minimum Gasteiger partial charge on any atom is -0.496 e. The average molecular weight is 285 g/mol. The number of carbonyl (C=O) groups excluding carboxylic acids is 1. The van der Waals surface area contributed by atoms with E-state index in [1.54, 1.807) is 18.2 Å². The van der Waals surface area contributed by atoms with Crippen LogP contribution < -0.4 is 10.1 Å². The summed E-state index contributed by atoms with van der Waals surface area (Å²) < 4.78 is 5.16. The highest BCUT2D eigenvalue weighted by molar-refractivity contribution is 6.31. The van der Waals surface area contributed by atoms with Gasteiger partial charge in [0.1, 0.15) is 5.75 Å². The van der Waals surface area contributed by atoms with Crippen LogP contribution >= 0.6 is 11.6 Å². The van der Waals surface area contributed by atoms with E-state index in [1.807, 2.05) is 0 Å². The number of carbonyl (C=O) groups is 1. The number of amides is 1. The summed E-state index contributed by atoms with van der Waals surface area (Å²) in [6.07, 6.45) is 0. The number of rotatable bonds is 7. The van der Waals surface area contributed by atoms with Crippen LogP contribution in [-0.2, 0) is 0 Å². The third-order valence-corrected chi connectivity index (χ3v) is 3.25. The molecule has 0 saturated carbocycles. The van der Waals surface area contributed by atoms with Crippen LogP contribution in [0.1, 0.15) is 24.2 Å². The molecule has 1 N–H and O–H groups in total. The number of halogens is 1. The zero-order valence-electron chi connectivity index (χ0n) is 11.7. The fourth-order valence-electron chi connectivity index (χ4n) is 1.82. The van der Waals surface area contributed by atoms with Crippen LogP contribution in [0.4, 0.5) is 0 Å². The number of hydrogen-bond donors (Lipinski definition) is 1. The van der Waals surface area contributed by atoms with Gasteiger partial charge in [0.15, 0.2) is 0 Å². The molecule has 106 valence electrons. The normalized spacial score (nSPS) is 10.6. The van der Waals surface area contributed by atoms with Crippen LogP contribution in [0.3, 0.4) is 0 Å². The molecule has 0 saturated heterocycles. The fraction of sp³-hybridized carbons (Fsp3) is 0.500. The van der Waals surface area contributed by atoms with Crippen molar-refractivity contribution in [1.29, 1.82) is 0 Å². The molecule has 5 heteroatoms. The van der Waals surface area contributed by atoms with Crippen molar-refractivity contribution < 1.29 is 9.53 Å². The monoisotopic (exact) mass is 284 g/mol. The number of ether oxygens (including phenoxy) is 1. The summed E-state index contributed by atoms with van der Waals surface area (Å²) in [4.78, 5) is 14.3. The van der Waals surface area contributed by atoms with Crippen molar-refractivity contribution in [1.82, 2.24) is 10.2 Å². The van der Waals surface area contributed by atoms with Gasteiger partial charge in [-0.2, -0.15) is 0 Å². The van der Waals surface area contributed by atoms with E-state index in [4.69, 9.17) is 16.3 Å². The van der Waals surface area contributed by atoms with Crippen molar-refractivity contribution in [3.05, 3.63) is 28.8 Å². The molecule has 19 heavy (non-hydrogen) atoms. The lowest BCUT2D eigenvalue weighted by atomic mass is 10.2. The Morgan fingerprint density at radius 1 is 1.37 bits per heavy atom. The lowest BCUT2D eigenvalue weighted by molar-refractivity contribution is 0.0946. The van der Waals surface area contributed by atoms with Gasteiger partial charge >= 0.3 is 0 Å². The molecule has 0 aliphatic carbocycles. The second kappa shape index (κ2) is 8.02. The summed E-state index contributed by atoms with van der Waals surface area (Å²) in [5.74, 6) is 0.372. The maximum atomic E-state index is 12.1. The van der Waals surface area contributed by atoms with Crippen molar-refractivity contribution in [3.63, 3.8) is 0 Å². The SMILES string of the molecule is CCN(CC)CCNC(=O)c1cc(Cl)ccc1OC. The summed E-state index contributed by atoms with van der Waals surface area (Å²) in [7, 11) is 1.54. The smallest absolute Gasteiger partial charge is 0.255 e. The lowest BCUT2D eigenvalue weighted by Crippen LogP contribution is -2.34. The van der Waals surface area contributed by atoms with E-state index in [0.29, 0.717) is 22.9 Å². The number of hydrogen-bond acceptors (Lipinski definition) is 3. The first kappa shape index (κ1) is 15.8. The highest BCUT2D eigenvalue weighted by Gasteiger charge is 2.12. The van der Waals surface area contributed by atoms with E-state index in [2.05, 4.69) is 24.1 Å². The Hall–Kier alpha value is -1.26. The minimum absolute atomic E-state index is 0.161. The molecule has 0 fully saturated rings. The molecule has 1 aromatic carbocycles. The second-order valence-corrected chi connectivity index (χ2v) is 4.56. The van der Waals surface area contributed by atoms with Crippen molar-refractivity contribution in [2.75, 3.05) is 33.3 Å². The first-order valence-electron chi connectivity index (χ1n) is 6.46. The molecule has 1 amide bonds. The predicted molar refractivity (Wildman–Crippen MR) is 78.1 cm³/mol. The number of nitrogens with one attached hydrogen (secondary N) is 1. The Kier molecular flexibility index (Phi) is 6.67. The highest BCUT2D eigenvalue weighted by atomic mass is 35.5. The highest BCUT2D eigenvalue weighted by Crippen LogP contribution is 2.22. The lowest BCUT2D eigenvalue weighted by Gasteiger charge is -2.18. The van der Waals surface area contributed by atoms with Gasteiger partial charge in [-0.25, -0.2) is 0 Å². The molecule has 4 nitrogen and oxygen atoms in total. The number of nitrogens with zero attached hydrogens (tertiary/aromatic N) is 1. The van der Waals surface area contributed by atoms with Crippen LogP contribution in [0.15, 0.2) is 18.2 Å². The summed E-state index contributed by atoms with van der Waals surface area (Å²) in [6, 6.07) is 5.02. The van der Waals surface area contributed by atoms with Gasteiger partial charge in [0.25, 0.3) is 5.91 Å². The molecule has 0 aliphatic rings. The zero-order valence-corrected chi connectivity index (χ0v) is 12.5. The Bertz CT molecular complexity index is 420. The Balaban J connectivity index is 2.60. The fourth-order valence-corrected chi connectivity index (χ4v) is 1.99. The molecule has 0 unspecified atom stereocenters. The molecule has 0 aliphatic heterocycles. The van der Waals surface area contributed by atoms with Crippen LogP contribution in [-0.4, -0.2) is 44.1 Å². The summed E-state index contributed by atoms with van der Waals surface area (Å²) in [6.45, 7) is 7.61. The van der Waals surface area contributed by atoms with Crippen molar-refractivity contribution in [3.8, 4) is 5.75 Å². The first-order valence-corrected chi connectivity index (χ1v) is 6.84. The second-order valence-electron chi connectivity index (χ2n) is 4.13. The van der Waals surface area contributed by atoms with Gasteiger partial charge in [-0.15, -0.1) is 0 Å². The molecular weight excluding hydrogens is 264 g/mol. The predicted octanol–water partition coefficient (Wildman–Crippen LogP) is 2.42. The standard InChI is InChI=1S/C14H21ClN2O2/c1-4-17(5-2)9-8-16-14(18)12-10-11(15)6-7-13(12)19-3/h6-7,10H,4-5,8-9H2,1-3H3,(H,16,18). The van der Waals surface area contributed by atoms with Gasteiger partial charge < -0.3 is 15.0 Å². The third-order valence-electron chi connectivity index (χ3n) is 3.01. The van der Waals surface area contributed by atoms with E-state index >= 15 is 0 Å². The number of methoxy groups -OCH3 is 1. The molecular formula is C14H21ClN2O2. The van der Waals surface area contributed by atoms with Crippen LogP contribution in [0.5, 0.6) is 5.75 Å². The van der Waals surface area contributed by atoms with E-state index in [1.165, 1.54) is 7.11 Å². The van der Waals surface area contributed by atoms with E-state index in [0.717, 1.165) is 19.6 Å². The molecule has 0 bridgehead atoms. The molecule has 1 rings (SSSR count). The quantitative estimate of drug-likeness (QED) is 0.836. The maximum Gasteiger partial charge on any atom is 0.255 e. The summed E-state index contributed by atoms with van der Waals surface area (Å²) >= 11 is 5.90. The molecule has 0 radical (unpaired) electrons. The first-order chi connectivity index (χ1) is 9.12.